The second kappa shape index (κ2) is 8.14. The van der Waals surface area contributed by atoms with Crippen LogP contribution in [0, 0.1) is 5.92 Å². The fourth-order valence-electron chi connectivity index (χ4n) is 3.76. The summed E-state index contributed by atoms with van der Waals surface area (Å²) in [6.07, 6.45) is 5.38. The molecule has 0 bridgehead atoms. The highest BCUT2D eigenvalue weighted by atomic mass is 32.1. The molecule has 0 spiro atoms. The highest BCUT2D eigenvalue weighted by Gasteiger charge is 2.23. The van der Waals surface area contributed by atoms with Gasteiger partial charge in [-0.15, -0.1) is 11.3 Å². The molecule has 1 fully saturated rings. The Labute approximate surface area is 159 Å². The molecular weight excluding hydrogens is 340 g/mol. The quantitative estimate of drug-likeness (QED) is 0.649. The van der Waals surface area contributed by atoms with E-state index in [2.05, 4.69) is 57.8 Å². The van der Waals surface area contributed by atoms with E-state index in [9.17, 15) is 0 Å². The maximum atomic E-state index is 4.70. The molecule has 0 radical (unpaired) electrons. The van der Waals surface area contributed by atoms with Gasteiger partial charge in [-0.1, -0.05) is 37.3 Å². The van der Waals surface area contributed by atoms with Crippen LogP contribution in [0.15, 0.2) is 42.0 Å². The second-order valence-corrected chi connectivity index (χ2v) is 7.89. The van der Waals surface area contributed by atoms with Gasteiger partial charge in [0.2, 0.25) is 0 Å². The number of aromatic nitrogens is 2. The van der Waals surface area contributed by atoms with Crippen LogP contribution in [0.25, 0.3) is 21.3 Å². The summed E-state index contributed by atoms with van der Waals surface area (Å²) in [6.45, 7) is 6.65. The Hall–Kier alpha value is -1.98. The summed E-state index contributed by atoms with van der Waals surface area (Å²) in [5.41, 5.74) is 2.50. The minimum atomic E-state index is 0.784. The van der Waals surface area contributed by atoms with Crippen molar-refractivity contribution in [3.05, 3.63) is 42.0 Å². The summed E-state index contributed by atoms with van der Waals surface area (Å²) < 4.78 is 0. The molecule has 1 aliphatic heterocycles. The van der Waals surface area contributed by atoms with Crippen molar-refractivity contribution in [2.45, 2.75) is 26.2 Å². The maximum absolute atomic E-state index is 4.70. The monoisotopic (exact) mass is 366 g/mol. The number of nitrogens with zero attached hydrogens (tertiary/aromatic N) is 3. The first-order valence-corrected chi connectivity index (χ1v) is 10.5. The number of fused-ring (bicyclic) bond motifs is 1. The van der Waals surface area contributed by atoms with Gasteiger partial charge in [0, 0.05) is 24.0 Å². The molecule has 26 heavy (non-hydrogen) atoms. The van der Waals surface area contributed by atoms with Gasteiger partial charge >= 0.3 is 0 Å². The van der Waals surface area contributed by atoms with E-state index in [1.807, 2.05) is 0 Å². The van der Waals surface area contributed by atoms with Crippen LogP contribution < -0.4 is 10.2 Å². The zero-order chi connectivity index (χ0) is 17.8. The second-order valence-electron chi connectivity index (χ2n) is 7.03. The smallest absolute Gasteiger partial charge is 0.141 e. The Balaban J connectivity index is 1.57. The number of thiophene rings is 1. The van der Waals surface area contributed by atoms with Crippen molar-refractivity contribution in [2.24, 2.45) is 5.92 Å². The van der Waals surface area contributed by atoms with E-state index in [-0.39, 0.29) is 0 Å². The van der Waals surface area contributed by atoms with E-state index in [0.717, 1.165) is 42.7 Å². The molecule has 0 aliphatic carbocycles. The lowest BCUT2D eigenvalue weighted by Gasteiger charge is -2.33. The molecule has 5 heteroatoms. The molecule has 136 valence electrons. The van der Waals surface area contributed by atoms with Crippen LogP contribution >= 0.6 is 11.3 Å². The fraction of sp³-hybridized carbons (Fsp3) is 0.429. The Morgan fingerprint density at radius 2 is 1.96 bits per heavy atom. The lowest BCUT2D eigenvalue weighted by atomic mass is 9.96. The molecule has 1 saturated heterocycles. The molecule has 4 rings (SSSR count). The highest BCUT2D eigenvalue weighted by Crippen LogP contribution is 2.38. The molecule has 1 aromatic carbocycles. The van der Waals surface area contributed by atoms with Crippen molar-refractivity contribution in [1.82, 2.24) is 15.3 Å². The molecule has 0 amide bonds. The van der Waals surface area contributed by atoms with Crippen molar-refractivity contribution in [1.29, 1.82) is 0 Å². The third kappa shape index (κ3) is 3.60. The van der Waals surface area contributed by atoms with E-state index in [4.69, 9.17) is 4.98 Å². The van der Waals surface area contributed by atoms with Crippen molar-refractivity contribution >= 4 is 27.4 Å². The first kappa shape index (κ1) is 17.4. The first-order chi connectivity index (χ1) is 12.9. The maximum Gasteiger partial charge on any atom is 0.141 e. The summed E-state index contributed by atoms with van der Waals surface area (Å²) in [5.74, 6) is 1.89. The Bertz CT molecular complexity index is 838. The summed E-state index contributed by atoms with van der Waals surface area (Å²) in [6, 6.07) is 10.6. The minimum Gasteiger partial charge on any atom is -0.356 e. The molecular formula is C21H26N4S. The predicted octanol–water partition coefficient (Wildman–Crippen LogP) is 4.57. The zero-order valence-corrected chi connectivity index (χ0v) is 16.1. The van der Waals surface area contributed by atoms with Crippen LogP contribution in [0.2, 0.25) is 0 Å². The number of nitrogens with one attached hydrogen (secondary N) is 1. The van der Waals surface area contributed by atoms with Crippen LogP contribution in [0.1, 0.15) is 26.2 Å². The molecule has 0 atom stereocenters. The third-order valence-electron chi connectivity index (χ3n) is 5.21. The van der Waals surface area contributed by atoms with Crippen LogP contribution in [-0.4, -0.2) is 36.1 Å². The van der Waals surface area contributed by atoms with Gasteiger partial charge in [0.05, 0.1) is 5.39 Å². The average Bonchev–Trinajstić information content (AvgIpc) is 3.14. The van der Waals surface area contributed by atoms with Crippen LogP contribution in [0.4, 0.5) is 5.82 Å². The Morgan fingerprint density at radius 3 is 2.73 bits per heavy atom. The van der Waals surface area contributed by atoms with Crippen LogP contribution in [0.3, 0.4) is 0 Å². The molecule has 1 aliphatic rings. The topological polar surface area (TPSA) is 41.0 Å². The average molecular weight is 367 g/mol. The first-order valence-electron chi connectivity index (χ1n) is 9.60. The molecule has 0 unspecified atom stereocenters. The van der Waals surface area contributed by atoms with Gasteiger partial charge in [-0.3, -0.25) is 0 Å². The standard InChI is InChI=1S/C21H26N4S/c1-2-10-22-13-16-8-11-25(12-9-16)20-19-18(17-6-4-3-5-7-17)14-26-21(19)24-15-23-20/h3-7,14-16,22H,2,8-13H2,1H3. The van der Waals surface area contributed by atoms with Gasteiger partial charge in [0.25, 0.3) is 0 Å². The number of hydrogen-bond acceptors (Lipinski definition) is 5. The van der Waals surface area contributed by atoms with Gasteiger partial charge in [-0.2, -0.15) is 0 Å². The van der Waals surface area contributed by atoms with Crippen molar-refractivity contribution in [3.8, 4) is 11.1 Å². The molecule has 1 N–H and O–H groups in total. The largest absolute Gasteiger partial charge is 0.356 e. The zero-order valence-electron chi connectivity index (χ0n) is 15.3. The minimum absolute atomic E-state index is 0.784. The van der Waals surface area contributed by atoms with Gasteiger partial charge in [0.1, 0.15) is 17.0 Å². The number of benzene rings is 1. The molecule has 3 aromatic rings. The van der Waals surface area contributed by atoms with Crippen LogP contribution in [-0.2, 0) is 0 Å². The van der Waals surface area contributed by atoms with Crippen molar-refractivity contribution in [2.75, 3.05) is 31.1 Å². The number of piperidine rings is 1. The summed E-state index contributed by atoms with van der Waals surface area (Å²) >= 11 is 1.71. The van der Waals surface area contributed by atoms with Gasteiger partial charge in [-0.25, -0.2) is 9.97 Å². The SMILES string of the molecule is CCCNCC1CCN(c2ncnc3scc(-c4ccccc4)c23)CC1. The molecule has 4 nitrogen and oxygen atoms in total. The third-order valence-corrected chi connectivity index (χ3v) is 6.10. The van der Waals surface area contributed by atoms with Crippen molar-refractivity contribution in [3.63, 3.8) is 0 Å². The van der Waals surface area contributed by atoms with Gasteiger partial charge in [0.15, 0.2) is 0 Å². The van der Waals surface area contributed by atoms with Gasteiger partial charge < -0.3 is 10.2 Å². The number of anilines is 1. The molecule has 0 saturated carbocycles. The van der Waals surface area contributed by atoms with Crippen LogP contribution in [0.5, 0.6) is 0 Å². The fourth-order valence-corrected chi connectivity index (χ4v) is 4.67. The van der Waals surface area contributed by atoms with E-state index in [1.165, 1.54) is 35.8 Å². The lowest BCUT2D eigenvalue weighted by Crippen LogP contribution is -2.38. The molecule has 3 heterocycles. The number of rotatable bonds is 6. The number of hydrogen-bond donors (Lipinski definition) is 1. The summed E-state index contributed by atoms with van der Waals surface area (Å²) in [7, 11) is 0. The van der Waals surface area contributed by atoms with E-state index in [0.29, 0.717) is 0 Å². The predicted molar refractivity (Wildman–Crippen MR) is 111 cm³/mol. The summed E-state index contributed by atoms with van der Waals surface area (Å²) in [5, 5.41) is 7.01. The molecule has 2 aromatic heterocycles. The highest BCUT2D eigenvalue weighted by molar-refractivity contribution is 7.17. The van der Waals surface area contributed by atoms with E-state index >= 15 is 0 Å². The Morgan fingerprint density at radius 1 is 1.15 bits per heavy atom. The normalized spacial score (nSPS) is 15.7. The summed E-state index contributed by atoms with van der Waals surface area (Å²) in [4.78, 5) is 12.8. The Kier molecular flexibility index (Phi) is 5.46. The van der Waals surface area contributed by atoms with E-state index < -0.39 is 0 Å². The van der Waals surface area contributed by atoms with Gasteiger partial charge in [-0.05, 0) is 43.8 Å². The lowest BCUT2D eigenvalue weighted by molar-refractivity contribution is 0.383. The van der Waals surface area contributed by atoms with Crippen molar-refractivity contribution < 1.29 is 0 Å². The van der Waals surface area contributed by atoms with E-state index in [1.54, 1.807) is 17.7 Å².